The molecule has 2 rings (SSSR count). The Morgan fingerprint density at radius 2 is 2.50 bits per heavy atom. The maximum atomic E-state index is 12.2. The van der Waals surface area contributed by atoms with E-state index in [0.717, 1.165) is 0 Å². The van der Waals surface area contributed by atoms with Gasteiger partial charge in [-0.2, -0.15) is 5.21 Å². The standard InChI is InChI=1S/C12H13N5O2S/c1-8(11-14-16-17-15-11)13-12(19)10-9(5-7-20-10)4-2-3-6-18/h5,7-8,18H,3,6H2,1H3,(H,13,19)(H,14,15,16,17). The van der Waals surface area contributed by atoms with E-state index in [1.54, 1.807) is 18.4 Å². The molecule has 2 aromatic rings. The fraction of sp³-hybridized carbons (Fsp3) is 0.333. The van der Waals surface area contributed by atoms with Crippen LogP contribution < -0.4 is 5.32 Å². The van der Waals surface area contributed by atoms with Gasteiger partial charge in [-0.15, -0.1) is 21.5 Å². The number of carbonyl (C=O) groups is 1. The van der Waals surface area contributed by atoms with E-state index in [-0.39, 0.29) is 18.6 Å². The number of rotatable bonds is 4. The summed E-state index contributed by atoms with van der Waals surface area (Å²) in [6.45, 7) is 1.78. The van der Waals surface area contributed by atoms with Crippen LogP contribution in [0.15, 0.2) is 11.4 Å². The van der Waals surface area contributed by atoms with E-state index < -0.39 is 0 Å². The summed E-state index contributed by atoms with van der Waals surface area (Å²) in [5.41, 5.74) is 0.654. The van der Waals surface area contributed by atoms with Gasteiger partial charge in [-0.25, -0.2) is 0 Å². The zero-order chi connectivity index (χ0) is 14.4. The molecule has 0 fully saturated rings. The van der Waals surface area contributed by atoms with Gasteiger partial charge in [0.15, 0.2) is 5.82 Å². The van der Waals surface area contributed by atoms with Gasteiger partial charge >= 0.3 is 0 Å². The van der Waals surface area contributed by atoms with Crippen molar-refractivity contribution < 1.29 is 9.90 Å². The van der Waals surface area contributed by atoms with Crippen molar-refractivity contribution in [3.05, 3.63) is 27.7 Å². The van der Waals surface area contributed by atoms with Crippen LogP contribution in [0.1, 0.15) is 40.4 Å². The number of nitrogens with one attached hydrogen (secondary N) is 2. The van der Waals surface area contributed by atoms with Crippen LogP contribution in [-0.2, 0) is 0 Å². The smallest absolute Gasteiger partial charge is 0.263 e. The number of carbonyl (C=O) groups excluding carboxylic acids is 1. The molecule has 8 heteroatoms. The molecule has 7 nitrogen and oxygen atoms in total. The molecule has 0 radical (unpaired) electrons. The predicted molar refractivity (Wildman–Crippen MR) is 73.0 cm³/mol. The van der Waals surface area contributed by atoms with E-state index in [2.05, 4.69) is 37.8 Å². The van der Waals surface area contributed by atoms with Gasteiger partial charge in [0.2, 0.25) is 0 Å². The third-order valence-electron chi connectivity index (χ3n) is 2.43. The summed E-state index contributed by atoms with van der Waals surface area (Å²) in [6.07, 6.45) is 0.385. The van der Waals surface area contributed by atoms with Crippen molar-refractivity contribution in [1.29, 1.82) is 0 Å². The molecule has 2 aromatic heterocycles. The van der Waals surface area contributed by atoms with Crippen LogP contribution in [0.25, 0.3) is 0 Å². The van der Waals surface area contributed by atoms with E-state index in [1.807, 2.05) is 0 Å². The second-order valence-corrected chi connectivity index (χ2v) is 4.82. The van der Waals surface area contributed by atoms with E-state index in [1.165, 1.54) is 11.3 Å². The van der Waals surface area contributed by atoms with Gasteiger partial charge in [-0.3, -0.25) is 4.79 Å². The summed E-state index contributed by atoms with van der Waals surface area (Å²) in [7, 11) is 0. The highest BCUT2D eigenvalue weighted by Crippen LogP contribution is 2.17. The lowest BCUT2D eigenvalue weighted by atomic mass is 10.2. The van der Waals surface area contributed by atoms with Crippen molar-refractivity contribution in [2.75, 3.05) is 6.61 Å². The number of aromatic nitrogens is 4. The fourth-order valence-electron chi connectivity index (χ4n) is 1.48. The van der Waals surface area contributed by atoms with E-state index >= 15 is 0 Å². The highest BCUT2D eigenvalue weighted by atomic mass is 32.1. The topological polar surface area (TPSA) is 104 Å². The maximum Gasteiger partial charge on any atom is 0.263 e. The van der Waals surface area contributed by atoms with Crippen molar-refractivity contribution in [3.63, 3.8) is 0 Å². The zero-order valence-corrected chi connectivity index (χ0v) is 11.6. The first-order chi connectivity index (χ1) is 9.72. The second-order valence-electron chi connectivity index (χ2n) is 3.90. The Bertz CT molecular complexity index is 626. The SMILES string of the molecule is CC(NC(=O)c1sccc1C#CCCO)c1nn[nH]n1. The van der Waals surface area contributed by atoms with Gasteiger partial charge in [-0.05, 0) is 18.4 Å². The van der Waals surface area contributed by atoms with Crippen molar-refractivity contribution >= 4 is 17.2 Å². The largest absolute Gasteiger partial charge is 0.395 e. The molecule has 0 aliphatic rings. The first kappa shape index (κ1) is 14.2. The van der Waals surface area contributed by atoms with E-state index in [4.69, 9.17) is 5.11 Å². The van der Waals surface area contributed by atoms with E-state index in [0.29, 0.717) is 22.7 Å². The Balaban J connectivity index is 2.07. The van der Waals surface area contributed by atoms with Crippen LogP contribution in [0, 0.1) is 11.8 Å². The molecule has 0 aliphatic heterocycles. The van der Waals surface area contributed by atoms with Gasteiger partial charge < -0.3 is 10.4 Å². The number of nitrogens with zero attached hydrogens (tertiary/aromatic N) is 3. The maximum absolute atomic E-state index is 12.2. The van der Waals surface area contributed by atoms with Gasteiger partial charge in [-0.1, -0.05) is 17.1 Å². The molecule has 20 heavy (non-hydrogen) atoms. The number of hydrogen-bond acceptors (Lipinski definition) is 6. The molecule has 0 aromatic carbocycles. The normalized spacial score (nSPS) is 11.5. The summed E-state index contributed by atoms with van der Waals surface area (Å²) < 4.78 is 0. The number of aliphatic hydroxyl groups is 1. The molecule has 1 amide bonds. The second kappa shape index (κ2) is 6.79. The van der Waals surface area contributed by atoms with Crippen LogP contribution in [0.4, 0.5) is 0 Å². The van der Waals surface area contributed by atoms with Crippen molar-refractivity contribution in [2.24, 2.45) is 0 Å². The number of tetrazole rings is 1. The summed E-state index contributed by atoms with van der Waals surface area (Å²) >= 11 is 1.31. The minimum Gasteiger partial charge on any atom is -0.395 e. The molecule has 0 aliphatic carbocycles. The minimum atomic E-state index is -0.346. The number of H-pyrrole nitrogens is 1. The molecule has 0 spiro atoms. The molecule has 0 saturated heterocycles. The molecule has 1 unspecified atom stereocenters. The van der Waals surface area contributed by atoms with Crippen molar-refractivity contribution in [3.8, 4) is 11.8 Å². The number of aromatic amines is 1. The van der Waals surface area contributed by atoms with E-state index in [9.17, 15) is 4.79 Å². The highest BCUT2D eigenvalue weighted by Gasteiger charge is 2.17. The first-order valence-corrected chi connectivity index (χ1v) is 6.81. The Labute approximate surface area is 119 Å². The molecule has 0 saturated carbocycles. The molecule has 104 valence electrons. The molecule has 1 atom stereocenters. The molecule has 2 heterocycles. The summed E-state index contributed by atoms with van der Waals surface area (Å²) in [5, 5.41) is 26.7. The Kier molecular flexibility index (Phi) is 4.81. The monoisotopic (exact) mass is 291 g/mol. The zero-order valence-electron chi connectivity index (χ0n) is 10.8. The number of aliphatic hydroxyl groups excluding tert-OH is 1. The van der Waals surface area contributed by atoms with Crippen LogP contribution in [0.2, 0.25) is 0 Å². The Hall–Kier alpha value is -2.24. The molecule has 0 bridgehead atoms. The van der Waals surface area contributed by atoms with Gasteiger partial charge in [0.1, 0.15) is 4.88 Å². The van der Waals surface area contributed by atoms with Crippen molar-refractivity contribution in [2.45, 2.75) is 19.4 Å². The number of thiophene rings is 1. The quantitative estimate of drug-likeness (QED) is 0.711. The van der Waals surface area contributed by atoms with Crippen LogP contribution >= 0.6 is 11.3 Å². The average Bonchev–Trinajstić information content (AvgIpc) is 3.10. The highest BCUT2D eigenvalue weighted by molar-refractivity contribution is 7.12. The lowest BCUT2D eigenvalue weighted by Crippen LogP contribution is -2.27. The minimum absolute atomic E-state index is 0.00747. The Morgan fingerprint density at radius 1 is 1.65 bits per heavy atom. The van der Waals surface area contributed by atoms with Gasteiger partial charge in [0.25, 0.3) is 5.91 Å². The summed E-state index contributed by atoms with van der Waals surface area (Å²) in [5.74, 6) is 5.86. The summed E-state index contributed by atoms with van der Waals surface area (Å²) in [6, 6.07) is 1.43. The lowest BCUT2D eigenvalue weighted by molar-refractivity contribution is 0.0942. The third kappa shape index (κ3) is 3.40. The molecular formula is C12H13N5O2S. The van der Waals surface area contributed by atoms with Gasteiger partial charge in [0.05, 0.1) is 12.6 Å². The van der Waals surface area contributed by atoms with Gasteiger partial charge in [0, 0.05) is 12.0 Å². The predicted octanol–water partition coefficient (Wildman–Crippen LogP) is 0.486. The Morgan fingerprint density at radius 3 is 3.20 bits per heavy atom. The molecular weight excluding hydrogens is 278 g/mol. The van der Waals surface area contributed by atoms with Crippen LogP contribution in [0.3, 0.4) is 0 Å². The number of amides is 1. The third-order valence-corrected chi connectivity index (χ3v) is 3.34. The summed E-state index contributed by atoms with van der Waals surface area (Å²) in [4.78, 5) is 12.7. The first-order valence-electron chi connectivity index (χ1n) is 5.93. The van der Waals surface area contributed by atoms with Crippen LogP contribution in [-0.4, -0.2) is 38.2 Å². The number of hydrogen-bond donors (Lipinski definition) is 3. The van der Waals surface area contributed by atoms with Crippen molar-refractivity contribution in [1.82, 2.24) is 25.9 Å². The average molecular weight is 291 g/mol. The van der Waals surface area contributed by atoms with Crippen LogP contribution in [0.5, 0.6) is 0 Å². The lowest BCUT2D eigenvalue weighted by Gasteiger charge is -2.08. The fourth-order valence-corrected chi connectivity index (χ4v) is 2.23. The molecule has 3 N–H and O–H groups in total.